The Morgan fingerprint density at radius 2 is 1.87 bits per heavy atom. The van der Waals surface area contributed by atoms with E-state index in [1.165, 1.54) is 6.08 Å². The fraction of sp³-hybridized carbons (Fsp3) is 0.484. The van der Waals surface area contributed by atoms with Gasteiger partial charge in [-0.25, -0.2) is 9.37 Å². The third-order valence-electron chi connectivity index (χ3n) is 6.87. The lowest BCUT2D eigenvalue weighted by Crippen LogP contribution is -2.35. The molecule has 2 aromatic rings. The molecule has 0 radical (unpaired) electrons. The number of allylic oxidation sites excluding steroid dienone is 3. The van der Waals surface area contributed by atoms with Crippen molar-refractivity contribution in [2.75, 3.05) is 46.1 Å². The number of hydrogen-bond donors (Lipinski definition) is 1. The van der Waals surface area contributed by atoms with Gasteiger partial charge in [-0.15, -0.1) is 0 Å². The van der Waals surface area contributed by atoms with Crippen molar-refractivity contribution in [3.63, 3.8) is 0 Å². The first-order valence-electron chi connectivity index (χ1n) is 13.8. The van der Waals surface area contributed by atoms with Crippen LogP contribution in [0, 0.1) is 5.92 Å². The number of ether oxygens (including phenoxy) is 2. The number of amides is 1. The normalized spacial score (nSPS) is 15.1. The van der Waals surface area contributed by atoms with Gasteiger partial charge >= 0.3 is 0 Å². The standard InChI is InChI=1S/C31H42FN3O3/c1-4-24(9-7-8-18-32)22-33-30(36)21-27-12-15-29(26-10-13-28(14-11-26)37-6-3)31(34-27)38-23-25-16-19-35(5-2)20-17-25/h7-15,25H,4-6,16-23H2,1-3H3,(H,33,36)/b8-7-,24-9+. The molecule has 1 aromatic carbocycles. The van der Waals surface area contributed by atoms with Crippen LogP contribution in [0.5, 0.6) is 11.6 Å². The second-order valence-corrected chi connectivity index (χ2v) is 9.52. The van der Waals surface area contributed by atoms with Crippen molar-refractivity contribution in [3.8, 4) is 22.8 Å². The van der Waals surface area contributed by atoms with Gasteiger partial charge in [0.2, 0.25) is 11.8 Å². The average Bonchev–Trinajstić information content (AvgIpc) is 2.95. The highest BCUT2D eigenvalue weighted by molar-refractivity contribution is 5.79. The van der Waals surface area contributed by atoms with Gasteiger partial charge in [0.15, 0.2) is 0 Å². The van der Waals surface area contributed by atoms with Crippen molar-refractivity contribution in [3.05, 3.63) is 65.9 Å². The number of nitrogens with zero attached hydrogens (tertiary/aromatic N) is 2. The monoisotopic (exact) mass is 523 g/mol. The van der Waals surface area contributed by atoms with Crippen molar-refractivity contribution in [1.82, 2.24) is 15.2 Å². The summed E-state index contributed by atoms with van der Waals surface area (Å²) in [6, 6.07) is 11.8. The van der Waals surface area contributed by atoms with E-state index in [1.807, 2.05) is 56.3 Å². The summed E-state index contributed by atoms with van der Waals surface area (Å²) in [6.45, 7) is 10.6. The van der Waals surface area contributed by atoms with Crippen molar-refractivity contribution < 1.29 is 18.7 Å². The van der Waals surface area contributed by atoms with Crippen LogP contribution in [0.4, 0.5) is 4.39 Å². The number of benzene rings is 1. The molecular weight excluding hydrogens is 481 g/mol. The van der Waals surface area contributed by atoms with E-state index in [4.69, 9.17) is 14.5 Å². The molecular formula is C31H42FN3O3. The first-order chi connectivity index (χ1) is 18.6. The summed E-state index contributed by atoms with van der Waals surface area (Å²) in [5.74, 6) is 1.76. The molecule has 1 amide bonds. The zero-order chi connectivity index (χ0) is 27.2. The lowest BCUT2D eigenvalue weighted by molar-refractivity contribution is -0.120. The third-order valence-corrected chi connectivity index (χ3v) is 6.87. The van der Waals surface area contributed by atoms with E-state index in [2.05, 4.69) is 17.1 Å². The van der Waals surface area contributed by atoms with Gasteiger partial charge in [0.1, 0.15) is 12.4 Å². The van der Waals surface area contributed by atoms with Crippen molar-refractivity contribution in [2.45, 2.75) is 46.5 Å². The molecule has 7 heteroatoms. The minimum atomic E-state index is -0.499. The van der Waals surface area contributed by atoms with Gasteiger partial charge in [-0.05, 0) is 81.6 Å². The zero-order valence-electron chi connectivity index (χ0n) is 23.0. The Balaban J connectivity index is 1.71. The molecule has 1 aromatic heterocycles. The second kappa shape index (κ2) is 15.9. The Morgan fingerprint density at radius 1 is 1.11 bits per heavy atom. The molecule has 0 bridgehead atoms. The van der Waals surface area contributed by atoms with Gasteiger partial charge in [0, 0.05) is 12.1 Å². The van der Waals surface area contributed by atoms with E-state index in [1.54, 1.807) is 6.08 Å². The summed E-state index contributed by atoms with van der Waals surface area (Å²) < 4.78 is 24.2. The van der Waals surface area contributed by atoms with E-state index in [-0.39, 0.29) is 12.3 Å². The molecule has 0 aliphatic carbocycles. The van der Waals surface area contributed by atoms with Crippen molar-refractivity contribution >= 4 is 5.91 Å². The predicted molar refractivity (Wildman–Crippen MR) is 151 cm³/mol. The van der Waals surface area contributed by atoms with Crippen LogP contribution < -0.4 is 14.8 Å². The molecule has 1 aliphatic rings. The van der Waals surface area contributed by atoms with E-state index >= 15 is 0 Å². The fourth-order valence-electron chi connectivity index (χ4n) is 4.47. The van der Waals surface area contributed by atoms with Crippen molar-refractivity contribution in [2.24, 2.45) is 5.92 Å². The smallest absolute Gasteiger partial charge is 0.226 e. The topological polar surface area (TPSA) is 63.7 Å². The quantitative estimate of drug-likeness (QED) is 0.318. The number of nitrogens with one attached hydrogen (secondary N) is 1. The molecule has 1 fully saturated rings. The molecule has 206 valence electrons. The second-order valence-electron chi connectivity index (χ2n) is 9.52. The SMILES string of the molecule is CCOc1ccc(-c2ccc(CC(=O)NC/C(=C/C=C\CF)CC)nc2OCC2CCN(CC)CC2)cc1. The van der Waals surface area contributed by atoms with Gasteiger partial charge < -0.3 is 19.7 Å². The first-order valence-corrected chi connectivity index (χ1v) is 13.8. The molecule has 1 aliphatic heterocycles. The predicted octanol–water partition coefficient (Wildman–Crippen LogP) is 5.78. The van der Waals surface area contributed by atoms with Crippen LogP contribution in [0.1, 0.15) is 45.7 Å². The summed E-state index contributed by atoms with van der Waals surface area (Å²) in [5, 5.41) is 2.95. The lowest BCUT2D eigenvalue weighted by Gasteiger charge is -2.30. The number of likely N-dealkylation sites (tertiary alicyclic amines) is 1. The molecule has 0 atom stereocenters. The Kier molecular flexibility index (Phi) is 12.3. The molecule has 6 nitrogen and oxygen atoms in total. The summed E-state index contributed by atoms with van der Waals surface area (Å²) in [4.78, 5) is 19.9. The molecule has 1 N–H and O–H groups in total. The Hall–Kier alpha value is -3.19. The van der Waals surface area contributed by atoms with E-state index in [0.29, 0.717) is 37.3 Å². The molecule has 0 unspecified atom stereocenters. The third kappa shape index (κ3) is 9.28. The Bertz CT molecular complexity index is 1060. The fourth-order valence-corrected chi connectivity index (χ4v) is 4.47. The first kappa shape index (κ1) is 29.4. The van der Waals surface area contributed by atoms with Crippen molar-refractivity contribution in [1.29, 1.82) is 0 Å². The number of rotatable bonds is 14. The number of pyridine rings is 1. The maximum absolute atomic E-state index is 12.7. The maximum atomic E-state index is 12.7. The van der Waals surface area contributed by atoms with Crippen LogP contribution >= 0.6 is 0 Å². The summed E-state index contributed by atoms with van der Waals surface area (Å²) >= 11 is 0. The number of carbonyl (C=O) groups excluding carboxylic acids is 1. The molecule has 1 saturated heterocycles. The van der Waals surface area contributed by atoms with Gasteiger partial charge in [-0.2, -0.15) is 0 Å². The number of halogens is 1. The van der Waals surface area contributed by atoms with Crippen LogP contribution in [0.2, 0.25) is 0 Å². The van der Waals surface area contributed by atoms with Gasteiger partial charge in [0.25, 0.3) is 0 Å². The minimum Gasteiger partial charge on any atom is -0.494 e. The highest BCUT2D eigenvalue weighted by Gasteiger charge is 2.20. The maximum Gasteiger partial charge on any atom is 0.226 e. The number of aromatic nitrogens is 1. The van der Waals surface area contributed by atoms with Crippen LogP contribution in [0.25, 0.3) is 11.1 Å². The van der Waals surface area contributed by atoms with Crippen LogP contribution in [-0.4, -0.2) is 61.9 Å². The number of piperidine rings is 1. The molecule has 0 saturated carbocycles. The lowest BCUT2D eigenvalue weighted by atomic mass is 9.98. The highest BCUT2D eigenvalue weighted by atomic mass is 19.1. The van der Waals surface area contributed by atoms with Gasteiger partial charge in [-0.1, -0.05) is 49.8 Å². The largest absolute Gasteiger partial charge is 0.494 e. The molecule has 0 spiro atoms. The van der Waals surface area contributed by atoms with Crippen LogP contribution in [0.3, 0.4) is 0 Å². The van der Waals surface area contributed by atoms with Gasteiger partial charge in [0.05, 0.1) is 25.3 Å². The van der Waals surface area contributed by atoms with Crippen LogP contribution in [0.15, 0.2) is 60.2 Å². The number of carbonyl (C=O) groups is 1. The van der Waals surface area contributed by atoms with Crippen LogP contribution in [-0.2, 0) is 11.2 Å². The minimum absolute atomic E-state index is 0.113. The molecule has 2 heterocycles. The Labute approximate surface area is 226 Å². The average molecular weight is 524 g/mol. The molecule has 38 heavy (non-hydrogen) atoms. The van der Waals surface area contributed by atoms with Gasteiger partial charge in [-0.3, -0.25) is 4.79 Å². The summed E-state index contributed by atoms with van der Waals surface area (Å²) in [7, 11) is 0. The van der Waals surface area contributed by atoms with E-state index in [9.17, 15) is 9.18 Å². The number of hydrogen-bond acceptors (Lipinski definition) is 5. The zero-order valence-corrected chi connectivity index (χ0v) is 23.0. The molecule has 3 rings (SSSR count). The highest BCUT2D eigenvalue weighted by Crippen LogP contribution is 2.31. The Morgan fingerprint density at radius 3 is 2.53 bits per heavy atom. The number of alkyl halides is 1. The summed E-state index contributed by atoms with van der Waals surface area (Å²) in [6.07, 6.45) is 8.14. The van der Waals surface area contributed by atoms with E-state index < -0.39 is 6.67 Å². The summed E-state index contributed by atoms with van der Waals surface area (Å²) in [5.41, 5.74) is 3.58. The van der Waals surface area contributed by atoms with E-state index in [0.717, 1.165) is 61.3 Å².